The molecule has 3 rings (SSSR count). The van der Waals surface area contributed by atoms with E-state index in [1.165, 1.54) is 24.0 Å². The second-order valence-corrected chi connectivity index (χ2v) is 4.66. The second kappa shape index (κ2) is 3.62. The summed E-state index contributed by atoms with van der Waals surface area (Å²) >= 11 is 0. The lowest BCUT2D eigenvalue weighted by atomic mass is 10.1. The Bertz CT molecular complexity index is 357. The third kappa shape index (κ3) is 1.48. The molecule has 0 saturated carbocycles. The Morgan fingerprint density at radius 3 is 2.67 bits per heavy atom. The normalized spacial score (nSPS) is 30.7. The number of fused-ring (bicyclic) bond motifs is 1. The summed E-state index contributed by atoms with van der Waals surface area (Å²) in [5, 5.41) is 10.1. The van der Waals surface area contributed by atoms with Gasteiger partial charge in [-0.05, 0) is 37.1 Å². The van der Waals surface area contributed by atoms with Crippen molar-refractivity contribution in [1.29, 1.82) is 0 Å². The SMILES string of the molecule is O[C@@H]1Cc2ccccc2[C@H]1N1CCCC1. The van der Waals surface area contributed by atoms with Crippen LogP contribution in [0.4, 0.5) is 0 Å². The summed E-state index contributed by atoms with van der Waals surface area (Å²) < 4.78 is 0. The summed E-state index contributed by atoms with van der Waals surface area (Å²) in [4.78, 5) is 2.44. The Labute approximate surface area is 90.5 Å². The molecule has 2 aliphatic rings. The third-order valence-electron chi connectivity index (χ3n) is 3.70. The summed E-state index contributed by atoms with van der Waals surface area (Å²) in [5.41, 5.74) is 2.69. The summed E-state index contributed by atoms with van der Waals surface area (Å²) in [7, 11) is 0. The smallest absolute Gasteiger partial charge is 0.0777 e. The molecule has 0 radical (unpaired) electrons. The van der Waals surface area contributed by atoms with E-state index in [0.717, 1.165) is 19.5 Å². The minimum Gasteiger partial charge on any atom is -0.391 e. The Kier molecular flexibility index (Phi) is 2.26. The quantitative estimate of drug-likeness (QED) is 0.751. The van der Waals surface area contributed by atoms with Crippen LogP contribution in [0.25, 0.3) is 0 Å². The fourth-order valence-corrected chi connectivity index (χ4v) is 3.01. The zero-order valence-corrected chi connectivity index (χ0v) is 8.89. The van der Waals surface area contributed by atoms with Crippen molar-refractivity contribution in [2.24, 2.45) is 0 Å². The summed E-state index contributed by atoms with van der Waals surface area (Å²) in [6.07, 6.45) is 3.20. The summed E-state index contributed by atoms with van der Waals surface area (Å²) in [6.45, 7) is 2.30. The van der Waals surface area contributed by atoms with E-state index < -0.39 is 0 Å². The van der Waals surface area contributed by atoms with Gasteiger partial charge in [0.15, 0.2) is 0 Å². The van der Waals surface area contributed by atoms with Crippen LogP contribution in [-0.2, 0) is 6.42 Å². The standard InChI is InChI=1S/C13H17NO/c15-12-9-10-5-1-2-6-11(10)13(12)14-7-3-4-8-14/h1-2,5-6,12-13,15H,3-4,7-9H2/t12-,13-/m1/s1. The van der Waals surface area contributed by atoms with Crippen molar-refractivity contribution in [3.63, 3.8) is 0 Å². The molecule has 1 aromatic carbocycles. The molecule has 2 atom stereocenters. The van der Waals surface area contributed by atoms with Gasteiger partial charge in [-0.15, -0.1) is 0 Å². The van der Waals surface area contributed by atoms with Gasteiger partial charge < -0.3 is 5.11 Å². The number of nitrogens with zero attached hydrogens (tertiary/aromatic N) is 1. The molecule has 1 saturated heterocycles. The number of hydrogen-bond acceptors (Lipinski definition) is 2. The molecule has 0 bridgehead atoms. The van der Waals surface area contributed by atoms with Gasteiger partial charge in [0.05, 0.1) is 12.1 Å². The zero-order valence-electron chi connectivity index (χ0n) is 8.89. The molecule has 1 aromatic rings. The van der Waals surface area contributed by atoms with Crippen LogP contribution in [0.3, 0.4) is 0 Å². The third-order valence-corrected chi connectivity index (χ3v) is 3.70. The monoisotopic (exact) mass is 203 g/mol. The lowest BCUT2D eigenvalue weighted by Crippen LogP contribution is -2.31. The molecule has 1 aliphatic heterocycles. The highest BCUT2D eigenvalue weighted by atomic mass is 16.3. The molecular weight excluding hydrogens is 186 g/mol. The average molecular weight is 203 g/mol. The van der Waals surface area contributed by atoms with Crippen LogP contribution in [-0.4, -0.2) is 29.2 Å². The molecule has 0 unspecified atom stereocenters. The minimum absolute atomic E-state index is 0.194. The number of rotatable bonds is 1. The van der Waals surface area contributed by atoms with Gasteiger partial charge in [-0.3, -0.25) is 4.90 Å². The van der Waals surface area contributed by atoms with Gasteiger partial charge in [0.1, 0.15) is 0 Å². The van der Waals surface area contributed by atoms with Crippen LogP contribution in [0.1, 0.15) is 30.0 Å². The van der Waals surface area contributed by atoms with Gasteiger partial charge in [-0.2, -0.15) is 0 Å². The van der Waals surface area contributed by atoms with Crippen molar-refractivity contribution < 1.29 is 5.11 Å². The van der Waals surface area contributed by atoms with Crippen molar-refractivity contribution >= 4 is 0 Å². The molecule has 15 heavy (non-hydrogen) atoms. The van der Waals surface area contributed by atoms with E-state index in [-0.39, 0.29) is 12.1 Å². The molecule has 1 heterocycles. The van der Waals surface area contributed by atoms with Crippen molar-refractivity contribution in [2.75, 3.05) is 13.1 Å². The topological polar surface area (TPSA) is 23.5 Å². The maximum absolute atomic E-state index is 10.1. The van der Waals surface area contributed by atoms with Crippen molar-refractivity contribution in [3.8, 4) is 0 Å². The second-order valence-electron chi connectivity index (χ2n) is 4.66. The highest BCUT2D eigenvalue weighted by molar-refractivity contribution is 5.36. The lowest BCUT2D eigenvalue weighted by molar-refractivity contribution is 0.0753. The molecule has 2 heteroatoms. The first-order valence-corrected chi connectivity index (χ1v) is 5.86. The van der Waals surface area contributed by atoms with Crippen molar-refractivity contribution in [1.82, 2.24) is 4.90 Å². The summed E-state index contributed by atoms with van der Waals surface area (Å²) in [6, 6.07) is 8.74. The fraction of sp³-hybridized carbons (Fsp3) is 0.538. The number of likely N-dealkylation sites (tertiary alicyclic amines) is 1. The Balaban J connectivity index is 1.94. The number of aliphatic hydroxyl groups is 1. The van der Waals surface area contributed by atoms with E-state index in [1.54, 1.807) is 0 Å². The Hall–Kier alpha value is -0.860. The number of aliphatic hydroxyl groups excluding tert-OH is 1. The van der Waals surface area contributed by atoms with E-state index in [4.69, 9.17) is 0 Å². The molecule has 1 fully saturated rings. The molecular formula is C13H17NO. The highest BCUT2D eigenvalue weighted by Gasteiger charge is 2.35. The van der Waals surface area contributed by atoms with Crippen LogP contribution >= 0.6 is 0 Å². The van der Waals surface area contributed by atoms with Gasteiger partial charge in [0, 0.05) is 6.42 Å². The van der Waals surface area contributed by atoms with Crippen LogP contribution in [0.2, 0.25) is 0 Å². The van der Waals surface area contributed by atoms with Gasteiger partial charge in [-0.25, -0.2) is 0 Å². The number of benzene rings is 1. The predicted octanol–water partition coefficient (Wildman–Crippen LogP) is 1.74. The van der Waals surface area contributed by atoms with E-state index in [0.29, 0.717) is 0 Å². The van der Waals surface area contributed by atoms with Crippen LogP contribution in [0.15, 0.2) is 24.3 Å². The zero-order chi connectivity index (χ0) is 10.3. The predicted molar refractivity (Wildman–Crippen MR) is 59.7 cm³/mol. The van der Waals surface area contributed by atoms with Gasteiger partial charge in [0.25, 0.3) is 0 Å². The molecule has 1 aliphatic carbocycles. The molecule has 80 valence electrons. The largest absolute Gasteiger partial charge is 0.391 e. The molecule has 1 N–H and O–H groups in total. The Morgan fingerprint density at radius 2 is 1.87 bits per heavy atom. The first-order chi connectivity index (χ1) is 7.36. The molecule has 0 spiro atoms. The molecule has 2 nitrogen and oxygen atoms in total. The van der Waals surface area contributed by atoms with Gasteiger partial charge in [0.2, 0.25) is 0 Å². The maximum Gasteiger partial charge on any atom is 0.0777 e. The average Bonchev–Trinajstić information content (AvgIpc) is 2.82. The van der Waals surface area contributed by atoms with Crippen LogP contribution in [0.5, 0.6) is 0 Å². The lowest BCUT2D eigenvalue weighted by Gasteiger charge is -2.27. The van der Waals surface area contributed by atoms with Crippen molar-refractivity contribution in [3.05, 3.63) is 35.4 Å². The van der Waals surface area contributed by atoms with Gasteiger partial charge in [-0.1, -0.05) is 24.3 Å². The van der Waals surface area contributed by atoms with Crippen molar-refractivity contribution in [2.45, 2.75) is 31.4 Å². The van der Waals surface area contributed by atoms with Crippen LogP contribution < -0.4 is 0 Å². The first-order valence-electron chi connectivity index (χ1n) is 5.86. The minimum atomic E-state index is -0.194. The summed E-state index contributed by atoms with van der Waals surface area (Å²) in [5.74, 6) is 0. The van der Waals surface area contributed by atoms with E-state index in [1.807, 2.05) is 0 Å². The van der Waals surface area contributed by atoms with E-state index >= 15 is 0 Å². The first kappa shape index (κ1) is 9.37. The van der Waals surface area contributed by atoms with Crippen LogP contribution in [0, 0.1) is 0 Å². The maximum atomic E-state index is 10.1. The highest BCUT2D eigenvalue weighted by Crippen LogP contribution is 2.37. The van der Waals surface area contributed by atoms with E-state index in [9.17, 15) is 5.11 Å². The van der Waals surface area contributed by atoms with Gasteiger partial charge >= 0.3 is 0 Å². The number of hydrogen-bond donors (Lipinski definition) is 1. The molecule has 0 amide bonds. The molecule has 0 aromatic heterocycles. The fourth-order valence-electron chi connectivity index (χ4n) is 3.01. The van der Waals surface area contributed by atoms with E-state index in [2.05, 4.69) is 29.2 Å². The Morgan fingerprint density at radius 1 is 1.13 bits per heavy atom.